The van der Waals surface area contributed by atoms with Crippen molar-refractivity contribution in [1.82, 2.24) is 0 Å². The molecule has 0 amide bonds. The van der Waals surface area contributed by atoms with E-state index < -0.39 is 0 Å². The van der Waals surface area contributed by atoms with Gasteiger partial charge in [0.2, 0.25) is 0 Å². The molecule has 0 heterocycles. The van der Waals surface area contributed by atoms with Gasteiger partial charge in [-0.25, -0.2) is 0 Å². The lowest BCUT2D eigenvalue weighted by molar-refractivity contribution is -0.111. The van der Waals surface area contributed by atoms with Gasteiger partial charge in [0.05, 0.1) is 0 Å². The maximum absolute atomic E-state index is 11.7. The molecule has 0 radical (unpaired) electrons. The van der Waals surface area contributed by atoms with E-state index in [9.17, 15) is 4.79 Å². The molecule has 0 aromatic heterocycles. The van der Waals surface area contributed by atoms with Gasteiger partial charge < -0.3 is 0 Å². The Morgan fingerprint density at radius 2 is 1.88 bits per heavy atom. The second kappa shape index (κ2) is 5.29. The minimum atomic E-state index is 0.0710. The van der Waals surface area contributed by atoms with E-state index in [1.54, 1.807) is 6.08 Å². The third kappa shape index (κ3) is 4.18. The zero-order valence-electron chi connectivity index (χ0n) is 10.8. The summed E-state index contributed by atoms with van der Waals surface area (Å²) in [6.07, 6.45) is 11.1. The van der Waals surface area contributed by atoms with Crippen LogP contribution in [0.3, 0.4) is 0 Å². The molecule has 0 aromatic carbocycles. The summed E-state index contributed by atoms with van der Waals surface area (Å²) in [6, 6.07) is 0. The molecule has 0 aromatic rings. The average molecular weight is 218 g/mol. The van der Waals surface area contributed by atoms with Crippen molar-refractivity contribution in [1.29, 1.82) is 0 Å². The zero-order chi connectivity index (χ0) is 12.2. The molecule has 1 heteroatoms. The Morgan fingerprint density at radius 3 is 2.56 bits per heavy atom. The molecule has 1 nitrogen and oxygen atoms in total. The molecule has 1 aliphatic rings. The lowest BCUT2D eigenvalue weighted by atomic mass is 9.87. The average Bonchev–Trinajstić information content (AvgIpc) is 2.23. The van der Waals surface area contributed by atoms with Crippen molar-refractivity contribution >= 4 is 5.78 Å². The van der Waals surface area contributed by atoms with E-state index in [0.717, 1.165) is 24.8 Å². The van der Waals surface area contributed by atoms with Crippen molar-refractivity contribution in [3.8, 4) is 0 Å². The minimum absolute atomic E-state index is 0.0710. The number of allylic oxidation sites excluding steroid dienone is 6. The second-order valence-corrected chi connectivity index (χ2v) is 5.37. The van der Waals surface area contributed by atoms with Crippen LogP contribution in [0.2, 0.25) is 0 Å². The molecule has 0 fully saturated rings. The SMILES string of the molecule is C/C1=C/CC(C)(C)/C=C/C(=O)/C(C)=C\CC1. The lowest BCUT2D eigenvalue weighted by Crippen LogP contribution is -2.07. The fourth-order valence-electron chi connectivity index (χ4n) is 1.66. The molecule has 0 unspecified atom stereocenters. The number of carbonyl (C=O) groups is 1. The number of hydrogen-bond acceptors (Lipinski definition) is 1. The van der Waals surface area contributed by atoms with Crippen LogP contribution in [-0.2, 0) is 4.79 Å². The normalized spacial score (nSPS) is 30.6. The van der Waals surface area contributed by atoms with E-state index in [1.807, 2.05) is 19.1 Å². The standard InChI is InChI=1S/C15H22O/c1-12-6-5-7-13(2)14(16)9-11-15(3,4)10-8-12/h7-9,11H,5-6,10H2,1-4H3/b11-9+,12-8-,13-7-. The van der Waals surface area contributed by atoms with E-state index >= 15 is 0 Å². The quantitative estimate of drug-likeness (QED) is 0.556. The molecule has 0 saturated carbocycles. The summed E-state index contributed by atoms with van der Waals surface area (Å²) < 4.78 is 0. The monoisotopic (exact) mass is 218 g/mol. The van der Waals surface area contributed by atoms with Gasteiger partial charge in [-0.1, -0.05) is 37.6 Å². The summed E-state index contributed by atoms with van der Waals surface area (Å²) in [7, 11) is 0. The number of hydrogen-bond donors (Lipinski definition) is 0. The van der Waals surface area contributed by atoms with Crippen molar-refractivity contribution in [2.24, 2.45) is 5.41 Å². The van der Waals surface area contributed by atoms with Crippen LogP contribution in [0.15, 0.2) is 35.5 Å². The summed E-state index contributed by atoms with van der Waals surface area (Å²) >= 11 is 0. The number of rotatable bonds is 0. The molecule has 0 aliphatic heterocycles. The highest BCUT2D eigenvalue weighted by Gasteiger charge is 2.13. The molecule has 0 saturated heterocycles. The van der Waals surface area contributed by atoms with E-state index in [0.29, 0.717) is 0 Å². The fraction of sp³-hybridized carbons (Fsp3) is 0.533. The van der Waals surface area contributed by atoms with Gasteiger partial charge in [0, 0.05) is 0 Å². The first kappa shape index (κ1) is 13.0. The molecule has 0 bridgehead atoms. The Kier molecular flexibility index (Phi) is 4.28. The molecular weight excluding hydrogens is 196 g/mol. The van der Waals surface area contributed by atoms with Crippen LogP contribution in [-0.4, -0.2) is 5.78 Å². The summed E-state index contributed by atoms with van der Waals surface area (Å²) in [5, 5.41) is 0. The Hall–Kier alpha value is -1.11. The maximum atomic E-state index is 11.7. The first-order valence-corrected chi connectivity index (χ1v) is 5.97. The smallest absolute Gasteiger partial charge is 0.180 e. The Bertz CT molecular complexity index is 354. The molecular formula is C15H22O. The van der Waals surface area contributed by atoms with Crippen LogP contribution in [0.25, 0.3) is 0 Å². The zero-order valence-corrected chi connectivity index (χ0v) is 10.8. The van der Waals surface area contributed by atoms with Gasteiger partial charge in [-0.05, 0) is 50.2 Å². The molecule has 1 aliphatic carbocycles. The Balaban J connectivity index is 2.95. The van der Waals surface area contributed by atoms with Crippen molar-refractivity contribution in [2.75, 3.05) is 0 Å². The molecule has 0 atom stereocenters. The second-order valence-electron chi connectivity index (χ2n) is 5.37. The van der Waals surface area contributed by atoms with Gasteiger partial charge in [-0.3, -0.25) is 4.79 Å². The van der Waals surface area contributed by atoms with E-state index in [4.69, 9.17) is 0 Å². The van der Waals surface area contributed by atoms with Crippen molar-refractivity contribution in [3.63, 3.8) is 0 Å². The van der Waals surface area contributed by atoms with Gasteiger partial charge >= 0.3 is 0 Å². The predicted molar refractivity (Wildman–Crippen MR) is 69.3 cm³/mol. The third-order valence-corrected chi connectivity index (χ3v) is 3.04. The van der Waals surface area contributed by atoms with Gasteiger partial charge in [0.25, 0.3) is 0 Å². The molecule has 16 heavy (non-hydrogen) atoms. The molecule has 0 N–H and O–H groups in total. The summed E-state index contributed by atoms with van der Waals surface area (Å²) in [5.74, 6) is 0.146. The van der Waals surface area contributed by atoms with Crippen molar-refractivity contribution in [2.45, 2.75) is 47.0 Å². The topological polar surface area (TPSA) is 17.1 Å². The Labute approximate surface area is 98.9 Å². The fourth-order valence-corrected chi connectivity index (χ4v) is 1.66. The highest BCUT2D eigenvalue weighted by Crippen LogP contribution is 2.25. The van der Waals surface area contributed by atoms with Crippen molar-refractivity contribution < 1.29 is 4.79 Å². The first-order chi connectivity index (χ1) is 7.41. The van der Waals surface area contributed by atoms with Crippen LogP contribution in [0.4, 0.5) is 0 Å². The largest absolute Gasteiger partial charge is 0.290 e. The van der Waals surface area contributed by atoms with E-state index in [2.05, 4.69) is 26.8 Å². The van der Waals surface area contributed by atoms with Gasteiger partial charge in [0.15, 0.2) is 5.78 Å². The van der Waals surface area contributed by atoms with Gasteiger partial charge in [-0.2, -0.15) is 0 Å². The van der Waals surface area contributed by atoms with Crippen LogP contribution in [0.5, 0.6) is 0 Å². The number of carbonyl (C=O) groups excluding carboxylic acids is 1. The molecule has 1 rings (SSSR count). The first-order valence-electron chi connectivity index (χ1n) is 5.97. The summed E-state index contributed by atoms with van der Waals surface area (Å²) in [6.45, 7) is 8.40. The van der Waals surface area contributed by atoms with Crippen LogP contribution < -0.4 is 0 Å². The van der Waals surface area contributed by atoms with Crippen LogP contribution in [0, 0.1) is 5.41 Å². The van der Waals surface area contributed by atoms with Gasteiger partial charge in [0.1, 0.15) is 0 Å². The van der Waals surface area contributed by atoms with E-state index in [-0.39, 0.29) is 11.2 Å². The number of ketones is 1. The highest BCUT2D eigenvalue weighted by molar-refractivity contribution is 6.03. The highest BCUT2D eigenvalue weighted by atomic mass is 16.1. The Morgan fingerprint density at radius 1 is 1.19 bits per heavy atom. The molecule has 88 valence electrons. The van der Waals surface area contributed by atoms with Crippen LogP contribution >= 0.6 is 0 Å². The van der Waals surface area contributed by atoms with E-state index in [1.165, 1.54) is 5.57 Å². The lowest BCUT2D eigenvalue weighted by Gasteiger charge is -2.18. The summed E-state index contributed by atoms with van der Waals surface area (Å²) in [5.41, 5.74) is 2.35. The van der Waals surface area contributed by atoms with Gasteiger partial charge in [-0.15, -0.1) is 0 Å². The maximum Gasteiger partial charge on any atom is 0.180 e. The molecule has 0 spiro atoms. The minimum Gasteiger partial charge on any atom is -0.290 e. The van der Waals surface area contributed by atoms with Crippen LogP contribution in [0.1, 0.15) is 47.0 Å². The summed E-state index contributed by atoms with van der Waals surface area (Å²) in [4.78, 5) is 11.7. The third-order valence-electron chi connectivity index (χ3n) is 3.04. The predicted octanol–water partition coefficient (Wildman–Crippen LogP) is 4.21. The van der Waals surface area contributed by atoms with Crippen molar-refractivity contribution in [3.05, 3.63) is 35.5 Å².